The predicted molar refractivity (Wildman–Crippen MR) is 90.6 cm³/mol. The molecule has 1 aromatic heterocycles. The summed E-state index contributed by atoms with van der Waals surface area (Å²) in [6, 6.07) is 11.9. The van der Waals surface area contributed by atoms with Crippen LogP contribution in [0.2, 0.25) is 0 Å². The molecule has 128 valence electrons. The summed E-state index contributed by atoms with van der Waals surface area (Å²) in [6.07, 6.45) is 0. The van der Waals surface area contributed by atoms with Crippen LogP contribution in [0.1, 0.15) is 10.4 Å². The molecule has 1 amide bonds. The van der Waals surface area contributed by atoms with Gasteiger partial charge in [0.25, 0.3) is 16.0 Å². The first-order chi connectivity index (χ1) is 11.9. The number of nitrogens with one attached hydrogen (secondary N) is 1. The standard InChI is InChI=1S/C14H11N5O4S2/c20-13(11-6-1-2-7-12(11)25(21,22)23)15-9-4-3-5-10(8-9)19-14(24)16-17-18-19/h1-8H,(H,15,20)(H,16,18,24)(H,21,22,23). The number of aromatic nitrogens is 4. The average Bonchev–Trinajstić information content (AvgIpc) is 3.00. The lowest BCUT2D eigenvalue weighted by Gasteiger charge is -2.09. The summed E-state index contributed by atoms with van der Waals surface area (Å²) in [6.45, 7) is 0. The normalized spacial score (nSPS) is 11.3. The molecule has 2 aromatic carbocycles. The molecule has 0 bridgehead atoms. The Morgan fingerprint density at radius 2 is 1.92 bits per heavy atom. The largest absolute Gasteiger partial charge is 0.322 e. The Kier molecular flexibility index (Phi) is 4.53. The minimum absolute atomic E-state index is 0.173. The van der Waals surface area contributed by atoms with E-state index in [9.17, 15) is 17.8 Å². The van der Waals surface area contributed by atoms with Gasteiger partial charge in [-0.3, -0.25) is 9.35 Å². The average molecular weight is 377 g/mol. The lowest BCUT2D eigenvalue weighted by molar-refractivity contribution is 0.102. The van der Waals surface area contributed by atoms with Gasteiger partial charge in [0.15, 0.2) is 0 Å². The Morgan fingerprint density at radius 3 is 2.60 bits per heavy atom. The molecule has 0 saturated heterocycles. The number of nitrogens with zero attached hydrogens (tertiary/aromatic N) is 4. The van der Waals surface area contributed by atoms with Crippen LogP contribution in [-0.2, 0) is 10.1 Å². The molecule has 0 spiro atoms. The van der Waals surface area contributed by atoms with Crippen molar-refractivity contribution in [2.24, 2.45) is 0 Å². The van der Waals surface area contributed by atoms with Gasteiger partial charge >= 0.3 is 0 Å². The van der Waals surface area contributed by atoms with E-state index in [1.54, 1.807) is 24.3 Å². The number of rotatable bonds is 4. The zero-order valence-electron chi connectivity index (χ0n) is 12.4. The topological polar surface area (TPSA) is 127 Å². The van der Waals surface area contributed by atoms with Crippen molar-refractivity contribution in [3.63, 3.8) is 0 Å². The van der Waals surface area contributed by atoms with Crippen LogP contribution in [-0.4, -0.2) is 39.1 Å². The molecule has 0 radical (unpaired) electrons. The summed E-state index contributed by atoms with van der Waals surface area (Å²) in [4.78, 5) is 11.9. The van der Waals surface area contributed by atoms with E-state index < -0.39 is 20.9 Å². The first-order valence-corrected chi connectivity index (χ1v) is 8.70. The number of amides is 1. The highest BCUT2D eigenvalue weighted by atomic mass is 32.2. The summed E-state index contributed by atoms with van der Waals surface area (Å²) < 4.78 is 33.4. The van der Waals surface area contributed by atoms with Gasteiger partial charge < -0.3 is 5.32 Å². The van der Waals surface area contributed by atoms with Gasteiger partial charge in [-0.1, -0.05) is 18.2 Å². The fourth-order valence-corrected chi connectivity index (χ4v) is 3.03. The molecule has 0 aliphatic rings. The smallest absolute Gasteiger partial charge is 0.295 e. The molecule has 3 rings (SSSR count). The van der Waals surface area contributed by atoms with Crippen LogP contribution in [0, 0.1) is 0 Å². The summed E-state index contributed by atoms with van der Waals surface area (Å²) in [5.41, 5.74) is 0.763. The van der Waals surface area contributed by atoms with E-state index in [-0.39, 0.29) is 10.7 Å². The van der Waals surface area contributed by atoms with Gasteiger partial charge in [-0.05, 0) is 40.8 Å². The molecule has 0 unspecified atom stereocenters. The molecule has 1 heterocycles. The van der Waals surface area contributed by atoms with E-state index in [0.29, 0.717) is 11.4 Å². The molecule has 0 aliphatic carbocycles. The first-order valence-electron chi connectivity index (χ1n) is 6.82. The Balaban J connectivity index is 1.92. The molecule has 11 heteroatoms. The Bertz CT molecular complexity index is 1050. The fraction of sp³-hybridized carbons (Fsp3) is 0. The van der Waals surface area contributed by atoms with Gasteiger partial charge in [-0.15, -0.1) is 17.7 Å². The molecule has 25 heavy (non-hydrogen) atoms. The third kappa shape index (κ3) is 3.68. The number of hydrogen-bond donors (Lipinski definition) is 3. The van der Waals surface area contributed by atoms with Crippen molar-refractivity contribution in [2.45, 2.75) is 10.1 Å². The molecule has 0 saturated carbocycles. The van der Waals surface area contributed by atoms with Crippen molar-refractivity contribution in [3.8, 4) is 5.69 Å². The van der Waals surface area contributed by atoms with Crippen LogP contribution >= 0.6 is 12.6 Å². The van der Waals surface area contributed by atoms with E-state index in [4.69, 9.17) is 0 Å². The molecule has 0 aliphatic heterocycles. The van der Waals surface area contributed by atoms with E-state index in [1.165, 1.54) is 22.9 Å². The minimum Gasteiger partial charge on any atom is -0.322 e. The Labute approximate surface area is 147 Å². The maximum Gasteiger partial charge on any atom is 0.295 e. The first kappa shape index (κ1) is 17.1. The van der Waals surface area contributed by atoms with Gasteiger partial charge in [-0.25, -0.2) is 0 Å². The summed E-state index contributed by atoms with van der Waals surface area (Å²) in [7, 11) is -4.52. The van der Waals surface area contributed by atoms with Gasteiger partial charge in [0.1, 0.15) is 4.90 Å². The van der Waals surface area contributed by atoms with E-state index in [2.05, 4.69) is 33.5 Å². The second kappa shape index (κ2) is 6.63. The highest BCUT2D eigenvalue weighted by Crippen LogP contribution is 2.19. The van der Waals surface area contributed by atoms with Crippen molar-refractivity contribution in [1.29, 1.82) is 0 Å². The predicted octanol–water partition coefficient (Wildman–Crippen LogP) is 1.45. The van der Waals surface area contributed by atoms with Crippen LogP contribution in [0.4, 0.5) is 5.69 Å². The van der Waals surface area contributed by atoms with E-state index in [0.717, 1.165) is 6.07 Å². The molecular formula is C14H11N5O4S2. The summed E-state index contributed by atoms with van der Waals surface area (Å²) in [5.74, 6) is -0.687. The number of anilines is 1. The summed E-state index contributed by atoms with van der Waals surface area (Å²) >= 11 is 4.11. The third-order valence-electron chi connectivity index (χ3n) is 3.21. The fourth-order valence-electron chi connectivity index (χ4n) is 2.14. The second-order valence-corrected chi connectivity index (χ2v) is 6.66. The zero-order valence-corrected chi connectivity index (χ0v) is 14.1. The van der Waals surface area contributed by atoms with Crippen LogP contribution in [0.3, 0.4) is 0 Å². The van der Waals surface area contributed by atoms with Gasteiger partial charge in [0.2, 0.25) is 5.16 Å². The van der Waals surface area contributed by atoms with Crippen LogP contribution in [0.25, 0.3) is 5.69 Å². The quantitative estimate of drug-likeness (QED) is 0.464. The monoisotopic (exact) mass is 377 g/mol. The number of tetrazole rings is 1. The highest BCUT2D eigenvalue weighted by molar-refractivity contribution is 7.86. The van der Waals surface area contributed by atoms with Crippen LogP contribution in [0.5, 0.6) is 0 Å². The molecule has 2 N–H and O–H groups in total. The van der Waals surface area contributed by atoms with Crippen molar-refractivity contribution < 1.29 is 17.8 Å². The van der Waals surface area contributed by atoms with Gasteiger partial charge in [0.05, 0.1) is 11.3 Å². The highest BCUT2D eigenvalue weighted by Gasteiger charge is 2.20. The van der Waals surface area contributed by atoms with E-state index >= 15 is 0 Å². The maximum absolute atomic E-state index is 12.4. The third-order valence-corrected chi connectivity index (χ3v) is 4.40. The molecular weight excluding hydrogens is 366 g/mol. The second-order valence-electron chi connectivity index (χ2n) is 4.87. The Hall–Kier alpha value is -2.76. The number of carbonyl (C=O) groups excluding carboxylic acids is 1. The number of carbonyl (C=O) groups is 1. The molecule has 3 aromatic rings. The van der Waals surface area contributed by atoms with Crippen molar-refractivity contribution >= 4 is 34.3 Å². The molecule has 0 atom stereocenters. The van der Waals surface area contributed by atoms with Crippen LogP contribution < -0.4 is 5.32 Å². The van der Waals surface area contributed by atoms with Crippen molar-refractivity contribution in [2.75, 3.05) is 5.32 Å². The number of thiol groups is 1. The summed E-state index contributed by atoms with van der Waals surface area (Å²) in [5, 5.41) is 13.7. The number of benzene rings is 2. The minimum atomic E-state index is -4.52. The lowest BCUT2D eigenvalue weighted by atomic mass is 10.2. The lowest BCUT2D eigenvalue weighted by Crippen LogP contribution is -2.16. The van der Waals surface area contributed by atoms with Crippen molar-refractivity contribution in [1.82, 2.24) is 20.2 Å². The maximum atomic E-state index is 12.4. The SMILES string of the molecule is O=C(Nc1cccc(-n2nnnc2S)c1)c1ccccc1S(=O)(=O)O. The van der Waals surface area contributed by atoms with Gasteiger partial charge in [0, 0.05) is 5.69 Å². The molecule has 9 nitrogen and oxygen atoms in total. The van der Waals surface area contributed by atoms with Crippen molar-refractivity contribution in [3.05, 3.63) is 54.1 Å². The van der Waals surface area contributed by atoms with E-state index in [1.807, 2.05) is 0 Å². The Morgan fingerprint density at radius 1 is 1.16 bits per heavy atom. The zero-order chi connectivity index (χ0) is 18.0. The number of hydrogen-bond acceptors (Lipinski definition) is 7. The van der Waals surface area contributed by atoms with Crippen LogP contribution in [0.15, 0.2) is 58.6 Å². The van der Waals surface area contributed by atoms with Gasteiger partial charge in [-0.2, -0.15) is 13.1 Å². The molecule has 0 fully saturated rings.